The number of β-amino-alcohol motifs (C(OH)–C–C–N with tert-alkyl or cyclic N) is 1. The fraction of sp³-hybridized carbons (Fsp3) is 0.923. The van der Waals surface area contributed by atoms with Gasteiger partial charge in [0.25, 0.3) is 0 Å². The highest BCUT2D eigenvalue weighted by Crippen LogP contribution is 2.15. The molecule has 0 spiro atoms. The fourth-order valence-electron chi connectivity index (χ4n) is 2.32. The summed E-state index contributed by atoms with van der Waals surface area (Å²) in [6.07, 6.45) is 2.88. The molecule has 1 N–H and O–H groups in total. The number of carbonyl (C=O) groups is 1. The molecule has 0 aromatic rings. The lowest BCUT2D eigenvalue weighted by Crippen LogP contribution is -2.49. The van der Waals surface area contributed by atoms with Crippen LogP contribution in [-0.4, -0.2) is 60.1 Å². The Morgan fingerprint density at radius 2 is 1.76 bits per heavy atom. The molecule has 1 rings (SSSR count). The molecular weight excluding hydrogens is 216 g/mol. The Hall–Kier alpha value is -0.610. The molecule has 0 atom stereocenters. The van der Waals surface area contributed by atoms with Gasteiger partial charge in [0.15, 0.2) is 0 Å². The molecule has 0 aliphatic carbocycles. The van der Waals surface area contributed by atoms with Crippen LogP contribution >= 0.6 is 0 Å². The number of piperazine rings is 1. The highest BCUT2D eigenvalue weighted by molar-refractivity contribution is 5.76. The molecule has 1 amide bonds. The fourth-order valence-corrected chi connectivity index (χ4v) is 2.32. The van der Waals surface area contributed by atoms with Gasteiger partial charge in [-0.05, 0) is 5.92 Å². The van der Waals surface area contributed by atoms with Gasteiger partial charge in [-0.15, -0.1) is 0 Å². The third-order valence-electron chi connectivity index (χ3n) is 3.76. The summed E-state index contributed by atoms with van der Waals surface area (Å²) in [5.41, 5.74) is 0. The first kappa shape index (κ1) is 14.5. The summed E-state index contributed by atoms with van der Waals surface area (Å²) in [5, 5.41) is 8.85. The summed E-state index contributed by atoms with van der Waals surface area (Å²) < 4.78 is 0. The molecule has 1 heterocycles. The number of hydrogen-bond acceptors (Lipinski definition) is 3. The molecule has 17 heavy (non-hydrogen) atoms. The minimum absolute atomic E-state index is 0.210. The maximum atomic E-state index is 12.0. The molecule has 0 radical (unpaired) electrons. The van der Waals surface area contributed by atoms with Crippen LogP contribution in [0.2, 0.25) is 0 Å². The molecular formula is C13H26N2O2. The van der Waals surface area contributed by atoms with Crippen molar-refractivity contribution in [1.82, 2.24) is 9.80 Å². The van der Waals surface area contributed by atoms with Gasteiger partial charge in [0.05, 0.1) is 6.61 Å². The molecule has 0 aromatic heterocycles. The average Bonchev–Trinajstić information content (AvgIpc) is 2.37. The first-order chi connectivity index (χ1) is 8.21. The lowest BCUT2D eigenvalue weighted by atomic mass is 9.98. The number of amides is 1. The van der Waals surface area contributed by atoms with Crippen molar-refractivity contribution in [3.8, 4) is 0 Å². The van der Waals surface area contributed by atoms with E-state index in [4.69, 9.17) is 5.11 Å². The Labute approximate surface area is 105 Å². The van der Waals surface area contributed by atoms with Crippen molar-refractivity contribution >= 4 is 5.91 Å². The normalized spacial score (nSPS) is 17.8. The smallest absolute Gasteiger partial charge is 0.222 e. The van der Waals surface area contributed by atoms with E-state index in [1.807, 2.05) is 4.90 Å². The van der Waals surface area contributed by atoms with E-state index in [0.29, 0.717) is 18.2 Å². The molecule has 0 unspecified atom stereocenters. The predicted molar refractivity (Wildman–Crippen MR) is 68.8 cm³/mol. The number of aliphatic hydroxyl groups is 1. The third kappa shape index (κ3) is 4.64. The van der Waals surface area contributed by atoms with Gasteiger partial charge < -0.3 is 10.0 Å². The molecule has 1 fully saturated rings. The molecule has 0 bridgehead atoms. The molecule has 0 saturated carbocycles. The highest BCUT2D eigenvalue weighted by Gasteiger charge is 2.22. The lowest BCUT2D eigenvalue weighted by Gasteiger charge is -2.35. The van der Waals surface area contributed by atoms with E-state index in [2.05, 4.69) is 18.7 Å². The van der Waals surface area contributed by atoms with Crippen LogP contribution < -0.4 is 0 Å². The van der Waals surface area contributed by atoms with Crippen molar-refractivity contribution in [2.45, 2.75) is 33.1 Å². The number of hydrogen-bond donors (Lipinski definition) is 1. The van der Waals surface area contributed by atoms with Gasteiger partial charge in [-0.2, -0.15) is 0 Å². The predicted octanol–water partition coefficient (Wildman–Crippen LogP) is 0.949. The SMILES string of the molecule is CCC(CC)CC(=O)N1CCN(CCO)CC1. The van der Waals surface area contributed by atoms with E-state index in [0.717, 1.165) is 45.6 Å². The second kappa shape index (κ2) is 7.67. The highest BCUT2D eigenvalue weighted by atomic mass is 16.3. The first-order valence-corrected chi connectivity index (χ1v) is 6.82. The van der Waals surface area contributed by atoms with Crippen LogP contribution in [0.15, 0.2) is 0 Å². The van der Waals surface area contributed by atoms with E-state index in [1.54, 1.807) is 0 Å². The maximum absolute atomic E-state index is 12.0. The first-order valence-electron chi connectivity index (χ1n) is 6.82. The Kier molecular flexibility index (Phi) is 6.52. The van der Waals surface area contributed by atoms with Gasteiger partial charge in [-0.25, -0.2) is 0 Å². The molecule has 1 aliphatic heterocycles. The number of nitrogens with zero attached hydrogens (tertiary/aromatic N) is 2. The van der Waals surface area contributed by atoms with Crippen molar-refractivity contribution in [3.05, 3.63) is 0 Å². The van der Waals surface area contributed by atoms with Crippen molar-refractivity contribution in [2.75, 3.05) is 39.3 Å². The quantitative estimate of drug-likeness (QED) is 0.754. The van der Waals surface area contributed by atoms with Crippen molar-refractivity contribution in [3.63, 3.8) is 0 Å². The van der Waals surface area contributed by atoms with Crippen LogP contribution in [0, 0.1) is 5.92 Å². The van der Waals surface area contributed by atoms with Gasteiger partial charge in [0.2, 0.25) is 5.91 Å². The average molecular weight is 242 g/mol. The third-order valence-corrected chi connectivity index (χ3v) is 3.76. The Morgan fingerprint density at radius 3 is 2.24 bits per heavy atom. The van der Waals surface area contributed by atoms with Crippen LogP contribution in [0.1, 0.15) is 33.1 Å². The monoisotopic (exact) mass is 242 g/mol. The number of carbonyl (C=O) groups excluding carboxylic acids is 1. The molecule has 0 aromatic carbocycles. The number of rotatable bonds is 6. The molecule has 1 saturated heterocycles. The van der Waals surface area contributed by atoms with Crippen molar-refractivity contribution in [2.24, 2.45) is 5.92 Å². The summed E-state index contributed by atoms with van der Waals surface area (Å²) in [7, 11) is 0. The summed E-state index contributed by atoms with van der Waals surface area (Å²) in [6.45, 7) is 8.68. The second-order valence-corrected chi connectivity index (χ2v) is 4.83. The van der Waals surface area contributed by atoms with Crippen LogP contribution in [-0.2, 0) is 4.79 Å². The zero-order chi connectivity index (χ0) is 12.7. The van der Waals surface area contributed by atoms with Crippen molar-refractivity contribution < 1.29 is 9.90 Å². The zero-order valence-electron chi connectivity index (χ0n) is 11.2. The number of aliphatic hydroxyl groups excluding tert-OH is 1. The zero-order valence-corrected chi connectivity index (χ0v) is 11.2. The Morgan fingerprint density at radius 1 is 1.18 bits per heavy atom. The van der Waals surface area contributed by atoms with Gasteiger partial charge in [0, 0.05) is 39.1 Å². The standard InChI is InChI=1S/C13H26N2O2/c1-3-12(4-2)11-13(17)15-7-5-14(6-8-15)9-10-16/h12,16H,3-11H2,1-2H3. The molecule has 4 nitrogen and oxygen atoms in total. The van der Waals surface area contributed by atoms with Gasteiger partial charge in [-0.1, -0.05) is 26.7 Å². The van der Waals surface area contributed by atoms with Crippen LogP contribution in [0.3, 0.4) is 0 Å². The molecule has 100 valence electrons. The summed E-state index contributed by atoms with van der Waals surface area (Å²) in [6, 6.07) is 0. The largest absolute Gasteiger partial charge is 0.395 e. The van der Waals surface area contributed by atoms with Gasteiger partial charge in [-0.3, -0.25) is 9.69 Å². The van der Waals surface area contributed by atoms with E-state index in [1.165, 1.54) is 0 Å². The Bertz CT molecular complexity index is 221. The van der Waals surface area contributed by atoms with E-state index in [9.17, 15) is 4.79 Å². The molecule has 1 aliphatic rings. The van der Waals surface area contributed by atoms with E-state index in [-0.39, 0.29) is 6.61 Å². The Balaban J connectivity index is 2.30. The summed E-state index contributed by atoms with van der Waals surface area (Å²) in [4.78, 5) is 16.2. The summed E-state index contributed by atoms with van der Waals surface area (Å²) >= 11 is 0. The minimum atomic E-state index is 0.210. The van der Waals surface area contributed by atoms with Crippen LogP contribution in [0.4, 0.5) is 0 Å². The topological polar surface area (TPSA) is 43.8 Å². The van der Waals surface area contributed by atoms with Gasteiger partial charge >= 0.3 is 0 Å². The van der Waals surface area contributed by atoms with E-state index < -0.39 is 0 Å². The van der Waals surface area contributed by atoms with E-state index >= 15 is 0 Å². The molecule has 4 heteroatoms. The second-order valence-electron chi connectivity index (χ2n) is 4.83. The summed E-state index contributed by atoms with van der Waals surface area (Å²) in [5.74, 6) is 0.848. The lowest BCUT2D eigenvalue weighted by molar-refractivity contribution is -0.134. The minimum Gasteiger partial charge on any atom is -0.395 e. The van der Waals surface area contributed by atoms with Crippen molar-refractivity contribution in [1.29, 1.82) is 0 Å². The maximum Gasteiger partial charge on any atom is 0.222 e. The van der Waals surface area contributed by atoms with Crippen LogP contribution in [0.25, 0.3) is 0 Å². The van der Waals surface area contributed by atoms with Gasteiger partial charge in [0.1, 0.15) is 0 Å². The van der Waals surface area contributed by atoms with Crippen LogP contribution in [0.5, 0.6) is 0 Å².